The molecule has 0 aliphatic carbocycles. The van der Waals surface area contributed by atoms with E-state index >= 15 is 0 Å². The zero-order valence-electron chi connectivity index (χ0n) is 5.77. The largest absolute Gasteiger partial charge is 0.509 e. The minimum absolute atomic E-state index is 0.273. The lowest BCUT2D eigenvalue weighted by atomic mass is 9.80. The van der Waals surface area contributed by atoms with E-state index in [0.717, 1.165) is 0 Å². The molecular weight excluding hydrogens is 175 g/mol. The minimum Gasteiger partial charge on any atom is -0.505 e. The molecule has 1 rings (SSSR count). The molecule has 0 heterocycles. The van der Waals surface area contributed by atoms with Crippen LogP contribution < -0.4 is 5.46 Å². The van der Waals surface area contributed by atoms with E-state index in [9.17, 15) is 17.3 Å². The number of hydrogen-bond donors (Lipinski definition) is 1. The monoisotopic (exact) mass is 179 g/mol. The maximum absolute atomic E-state index is 12.4. The average molecular weight is 179 g/mol. The van der Waals surface area contributed by atoms with Gasteiger partial charge in [0.2, 0.25) is 0 Å². The predicted molar refractivity (Wildman–Crippen MR) is 36.8 cm³/mol. The lowest BCUT2D eigenvalue weighted by Crippen LogP contribution is -2.33. The first-order valence-corrected chi connectivity index (χ1v) is 3.09. The summed E-state index contributed by atoms with van der Waals surface area (Å²) in [7, 11) is 0. The zero-order valence-corrected chi connectivity index (χ0v) is 5.77. The van der Waals surface area contributed by atoms with Crippen LogP contribution in [0.3, 0.4) is 0 Å². The van der Waals surface area contributed by atoms with Crippen molar-refractivity contribution >= 4 is 12.4 Å². The van der Waals surface area contributed by atoms with Gasteiger partial charge in [-0.25, -0.2) is 4.39 Å². The molecule has 0 aromatic heterocycles. The third-order valence-corrected chi connectivity index (χ3v) is 1.35. The summed E-state index contributed by atoms with van der Waals surface area (Å²) in [6.45, 7) is -5.19. The van der Waals surface area contributed by atoms with Gasteiger partial charge in [0, 0.05) is 0 Å². The standard InChI is InChI=1S/C6H4BF4O/c8-5-3-4(7(9,10)11)1-2-6(5)12/h1-3,12H/q-1. The quantitative estimate of drug-likeness (QED) is 0.512. The fourth-order valence-corrected chi connectivity index (χ4v) is 0.727. The highest BCUT2D eigenvalue weighted by Crippen LogP contribution is 2.16. The zero-order chi connectivity index (χ0) is 9.35. The number of aromatic hydroxyl groups is 1. The lowest BCUT2D eigenvalue weighted by molar-refractivity contribution is 0.432. The first kappa shape index (κ1) is 8.90. The summed E-state index contributed by atoms with van der Waals surface area (Å²) >= 11 is 0. The van der Waals surface area contributed by atoms with Crippen LogP contribution in [0.25, 0.3) is 0 Å². The highest BCUT2D eigenvalue weighted by Gasteiger charge is 2.26. The van der Waals surface area contributed by atoms with Crippen molar-refractivity contribution in [3.63, 3.8) is 0 Å². The average Bonchev–Trinajstić information content (AvgIpc) is 1.92. The molecule has 0 aliphatic heterocycles. The minimum atomic E-state index is -5.19. The Hall–Kier alpha value is -1.20. The topological polar surface area (TPSA) is 20.2 Å². The van der Waals surface area contributed by atoms with Gasteiger partial charge >= 0.3 is 6.98 Å². The van der Waals surface area contributed by atoms with E-state index in [4.69, 9.17) is 5.11 Å². The van der Waals surface area contributed by atoms with E-state index < -0.39 is 24.0 Å². The Balaban J connectivity index is 3.14. The molecule has 0 fully saturated rings. The van der Waals surface area contributed by atoms with Gasteiger partial charge in [-0.3, -0.25) is 0 Å². The molecule has 12 heavy (non-hydrogen) atoms. The second kappa shape index (κ2) is 2.69. The van der Waals surface area contributed by atoms with E-state index in [1.807, 2.05) is 0 Å². The number of phenols is 1. The number of rotatable bonds is 1. The Morgan fingerprint density at radius 3 is 2.17 bits per heavy atom. The van der Waals surface area contributed by atoms with Gasteiger partial charge in [0.1, 0.15) is 0 Å². The van der Waals surface area contributed by atoms with Gasteiger partial charge in [0.05, 0.1) is 0 Å². The fraction of sp³-hybridized carbons (Fsp3) is 0. The van der Waals surface area contributed by atoms with Crippen LogP contribution in [0.1, 0.15) is 0 Å². The Bertz CT molecular complexity index is 296. The third kappa shape index (κ3) is 1.69. The van der Waals surface area contributed by atoms with Crippen molar-refractivity contribution in [1.29, 1.82) is 0 Å². The smallest absolute Gasteiger partial charge is 0.505 e. The van der Waals surface area contributed by atoms with Gasteiger partial charge in [-0.1, -0.05) is 6.07 Å². The van der Waals surface area contributed by atoms with E-state index in [2.05, 4.69) is 0 Å². The molecule has 6 heteroatoms. The predicted octanol–water partition coefficient (Wildman–Crippen LogP) is 1.59. The van der Waals surface area contributed by atoms with Crippen LogP contribution in [0.2, 0.25) is 0 Å². The summed E-state index contributed by atoms with van der Waals surface area (Å²) in [4.78, 5) is 0. The van der Waals surface area contributed by atoms with Gasteiger partial charge in [0.25, 0.3) is 0 Å². The molecule has 0 saturated heterocycles. The van der Waals surface area contributed by atoms with Crippen LogP contribution in [0.5, 0.6) is 5.75 Å². The maximum atomic E-state index is 12.4. The van der Waals surface area contributed by atoms with Gasteiger partial charge in [-0.15, -0.1) is 5.46 Å². The van der Waals surface area contributed by atoms with E-state index in [-0.39, 0.29) is 6.07 Å². The van der Waals surface area contributed by atoms with E-state index in [1.54, 1.807) is 0 Å². The van der Waals surface area contributed by atoms with Crippen molar-refractivity contribution in [2.45, 2.75) is 0 Å². The maximum Gasteiger partial charge on any atom is 0.509 e. The second-order valence-electron chi connectivity index (χ2n) is 2.29. The molecule has 0 unspecified atom stereocenters. The van der Waals surface area contributed by atoms with Gasteiger partial charge in [-0.05, 0) is 12.1 Å². The Labute approximate surface area is 65.7 Å². The molecule has 0 atom stereocenters. The normalized spacial score (nSPS) is 11.7. The number of hydrogen-bond acceptors (Lipinski definition) is 1. The van der Waals surface area contributed by atoms with Crippen molar-refractivity contribution in [2.75, 3.05) is 0 Å². The van der Waals surface area contributed by atoms with Gasteiger partial charge in [-0.2, -0.15) is 0 Å². The molecule has 1 aromatic rings. The van der Waals surface area contributed by atoms with Crippen molar-refractivity contribution in [1.82, 2.24) is 0 Å². The molecular formula is C6H4BF4O-. The first-order chi connectivity index (χ1) is 5.41. The van der Waals surface area contributed by atoms with Crippen LogP contribution >= 0.6 is 0 Å². The van der Waals surface area contributed by atoms with Crippen molar-refractivity contribution < 1.29 is 22.4 Å². The SMILES string of the molecule is Oc1ccc([B-](F)(F)F)cc1F. The second-order valence-corrected chi connectivity index (χ2v) is 2.29. The molecule has 0 spiro atoms. The Morgan fingerprint density at radius 2 is 1.75 bits per heavy atom. The lowest BCUT2D eigenvalue weighted by Gasteiger charge is -2.14. The summed E-state index contributed by atoms with van der Waals surface area (Å²) in [5.74, 6) is -2.04. The highest BCUT2D eigenvalue weighted by molar-refractivity contribution is 6.73. The molecule has 1 aromatic carbocycles. The van der Waals surface area contributed by atoms with Crippen molar-refractivity contribution in [3.8, 4) is 5.75 Å². The summed E-state index contributed by atoms with van der Waals surface area (Å²) in [5, 5.41) is 8.57. The van der Waals surface area contributed by atoms with Gasteiger partial charge in [0.15, 0.2) is 11.6 Å². The van der Waals surface area contributed by atoms with Crippen LogP contribution in [0, 0.1) is 5.82 Å². The molecule has 0 amide bonds. The van der Waals surface area contributed by atoms with Crippen molar-refractivity contribution in [2.24, 2.45) is 0 Å². The summed E-state index contributed by atoms with van der Waals surface area (Å²) < 4.78 is 48.1. The van der Waals surface area contributed by atoms with E-state index in [0.29, 0.717) is 12.1 Å². The molecule has 0 radical (unpaired) electrons. The van der Waals surface area contributed by atoms with Crippen LogP contribution in [-0.2, 0) is 0 Å². The van der Waals surface area contributed by atoms with Crippen molar-refractivity contribution in [3.05, 3.63) is 24.0 Å². The van der Waals surface area contributed by atoms with Crippen LogP contribution in [0.4, 0.5) is 17.3 Å². The molecule has 66 valence electrons. The molecule has 1 N–H and O–H groups in total. The number of halogens is 4. The number of phenolic OH excluding ortho intramolecular Hbond substituents is 1. The fourth-order valence-electron chi connectivity index (χ4n) is 0.727. The molecule has 0 aliphatic rings. The van der Waals surface area contributed by atoms with Gasteiger partial charge < -0.3 is 18.1 Å². The Kier molecular flexibility index (Phi) is 2.00. The third-order valence-electron chi connectivity index (χ3n) is 1.35. The highest BCUT2D eigenvalue weighted by atomic mass is 19.4. The summed E-state index contributed by atoms with van der Waals surface area (Å²) in [5.41, 5.74) is -1.05. The molecule has 0 saturated carbocycles. The van der Waals surface area contributed by atoms with Crippen LogP contribution in [-0.4, -0.2) is 12.1 Å². The van der Waals surface area contributed by atoms with Crippen LogP contribution in [0.15, 0.2) is 18.2 Å². The summed E-state index contributed by atoms with van der Waals surface area (Å²) in [6, 6.07) is 1.59. The van der Waals surface area contributed by atoms with E-state index in [1.165, 1.54) is 0 Å². The molecule has 1 nitrogen and oxygen atoms in total. The Morgan fingerprint density at radius 1 is 1.17 bits per heavy atom. The molecule has 0 bridgehead atoms. The number of benzene rings is 1. The first-order valence-electron chi connectivity index (χ1n) is 3.09. The summed E-state index contributed by atoms with van der Waals surface area (Å²) in [6.07, 6.45) is 0.